The van der Waals surface area contributed by atoms with Crippen molar-refractivity contribution in [2.75, 3.05) is 13.1 Å². The van der Waals surface area contributed by atoms with E-state index in [2.05, 4.69) is 43.0 Å². The summed E-state index contributed by atoms with van der Waals surface area (Å²) >= 11 is 0. The molecule has 0 saturated heterocycles. The molecule has 1 aliphatic heterocycles. The molecular weight excluding hydrogens is 256 g/mol. The topological polar surface area (TPSA) is 6.48 Å². The average Bonchev–Trinajstić information content (AvgIpc) is 2.84. The van der Waals surface area contributed by atoms with Gasteiger partial charge in [0.1, 0.15) is 0 Å². The first-order valence-electron chi connectivity index (χ1n) is 9.49. The zero-order chi connectivity index (χ0) is 15.3. The molecule has 1 heterocycles. The van der Waals surface area contributed by atoms with Crippen molar-refractivity contribution in [1.29, 1.82) is 0 Å². The van der Waals surface area contributed by atoms with E-state index in [0.29, 0.717) is 6.17 Å². The Morgan fingerprint density at radius 2 is 1.05 bits per heavy atom. The minimum absolute atomic E-state index is 0.575. The molecule has 1 unspecified atom stereocenters. The number of hydrogen-bond acceptors (Lipinski definition) is 2. The molecule has 0 fully saturated rings. The Morgan fingerprint density at radius 3 is 1.57 bits per heavy atom. The number of nitrogens with zero attached hydrogens (tertiary/aromatic N) is 2. The molecule has 0 aromatic heterocycles. The number of rotatable bonds is 13. The first-order valence-corrected chi connectivity index (χ1v) is 9.49. The zero-order valence-electron chi connectivity index (χ0n) is 14.8. The van der Waals surface area contributed by atoms with Gasteiger partial charge in [-0.05, 0) is 19.8 Å². The predicted molar refractivity (Wildman–Crippen MR) is 94.1 cm³/mol. The minimum Gasteiger partial charge on any atom is -0.356 e. The monoisotopic (exact) mass is 294 g/mol. The van der Waals surface area contributed by atoms with E-state index in [1.807, 2.05) is 0 Å². The lowest BCUT2D eigenvalue weighted by Crippen LogP contribution is -2.36. The highest BCUT2D eigenvalue weighted by Crippen LogP contribution is 2.17. The first kappa shape index (κ1) is 18.4. The molecule has 1 atom stereocenters. The molecule has 21 heavy (non-hydrogen) atoms. The third-order valence-electron chi connectivity index (χ3n) is 4.70. The highest BCUT2D eigenvalue weighted by Gasteiger charge is 2.20. The lowest BCUT2D eigenvalue weighted by Gasteiger charge is -2.29. The van der Waals surface area contributed by atoms with Gasteiger partial charge in [-0.1, -0.05) is 71.6 Å². The van der Waals surface area contributed by atoms with Crippen LogP contribution in [-0.2, 0) is 0 Å². The molecular formula is C19H38N2. The van der Waals surface area contributed by atoms with E-state index < -0.39 is 0 Å². The van der Waals surface area contributed by atoms with Gasteiger partial charge in [-0.25, -0.2) is 0 Å². The number of hydrogen-bond donors (Lipinski definition) is 0. The van der Waals surface area contributed by atoms with Crippen LogP contribution in [0.1, 0.15) is 91.4 Å². The van der Waals surface area contributed by atoms with Crippen LogP contribution in [0.4, 0.5) is 0 Å². The van der Waals surface area contributed by atoms with Crippen LogP contribution >= 0.6 is 0 Å². The maximum Gasteiger partial charge on any atom is 0.0977 e. The quantitative estimate of drug-likeness (QED) is 0.399. The molecule has 0 aromatic rings. The van der Waals surface area contributed by atoms with Gasteiger partial charge in [0.05, 0.1) is 6.17 Å². The van der Waals surface area contributed by atoms with Crippen molar-refractivity contribution in [2.24, 2.45) is 0 Å². The summed E-state index contributed by atoms with van der Waals surface area (Å²) in [4.78, 5) is 4.99. The normalized spacial score (nSPS) is 18.0. The highest BCUT2D eigenvalue weighted by molar-refractivity contribution is 4.95. The summed E-state index contributed by atoms with van der Waals surface area (Å²) in [6.07, 6.45) is 20.5. The molecule has 124 valence electrons. The van der Waals surface area contributed by atoms with Gasteiger partial charge in [0.2, 0.25) is 0 Å². The zero-order valence-corrected chi connectivity index (χ0v) is 14.8. The maximum absolute atomic E-state index is 2.51. The molecule has 0 aliphatic carbocycles. The van der Waals surface area contributed by atoms with Crippen molar-refractivity contribution in [3.05, 3.63) is 12.4 Å². The van der Waals surface area contributed by atoms with E-state index in [4.69, 9.17) is 0 Å². The van der Waals surface area contributed by atoms with Gasteiger partial charge < -0.3 is 9.80 Å². The molecule has 0 N–H and O–H groups in total. The van der Waals surface area contributed by atoms with E-state index in [-0.39, 0.29) is 0 Å². The van der Waals surface area contributed by atoms with Crippen molar-refractivity contribution in [1.82, 2.24) is 9.80 Å². The summed E-state index contributed by atoms with van der Waals surface area (Å²) < 4.78 is 0. The molecule has 0 saturated carbocycles. The Balaban J connectivity index is 1.95. The average molecular weight is 295 g/mol. The van der Waals surface area contributed by atoms with Crippen LogP contribution in [-0.4, -0.2) is 29.1 Å². The van der Waals surface area contributed by atoms with Crippen LogP contribution < -0.4 is 0 Å². The standard InChI is InChI=1S/C19H38N2/c1-4-6-8-9-10-11-12-13-14-16-21-18-17-20(19(21)3)15-7-5-2/h17-19H,4-16H2,1-3H3. The summed E-state index contributed by atoms with van der Waals surface area (Å²) in [5.74, 6) is 0. The van der Waals surface area contributed by atoms with Gasteiger partial charge in [0, 0.05) is 25.5 Å². The van der Waals surface area contributed by atoms with Crippen LogP contribution in [0, 0.1) is 0 Å². The van der Waals surface area contributed by atoms with E-state index in [1.54, 1.807) is 0 Å². The molecule has 0 radical (unpaired) electrons. The van der Waals surface area contributed by atoms with Crippen molar-refractivity contribution < 1.29 is 0 Å². The summed E-state index contributed by atoms with van der Waals surface area (Å²) in [5.41, 5.74) is 0. The molecule has 2 nitrogen and oxygen atoms in total. The summed E-state index contributed by atoms with van der Waals surface area (Å²) in [5, 5.41) is 0. The third kappa shape index (κ3) is 7.78. The Labute approximate surface area is 133 Å². The molecule has 2 heteroatoms. The van der Waals surface area contributed by atoms with Gasteiger partial charge in [-0.2, -0.15) is 0 Å². The molecule has 0 amide bonds. The second-order valence-corrected chi connectivity index (χ2v) is 6.59. The Morgan fingerprint density at radius 1 is 0.619 bits per heavy atom. The first-order chi connectivity index (χ1) is 10.3. The summed E-state index contributed by atoms with van der Waals surface area (Å²) in [7, 11) is 0. The predicted octanol–water partition coefficient (Wildman–Crippen LogP) is 5.75. The highest BCUT2D eigenvalue weighted by atomic mass is 15.4. The van der Waals surface area contributed by atoms with Gasteiger partial charge in [0.25, 0.3) is 0 Å². The Hall–Kier alpha value is -0.660. The lowest BCUT2D eigenvalue weighted by molar-refractivity contribution is 0.166. The summed E-state index contributed by atoms with van der Waals surface area (Å²) in [6.45, 7) is 9.34. The van der Waals surface area contributed by atoms with Crippen molar-refractivity contribution in [3.63, 3.8) is 0 Å². The number of unbranched alkanes of at least 4 members (excludes halogenated alkanes) is 9. The molecule has 0 bridgehead atoms. The Kier molecular flexibility index (Phi) is 10.5. The van der Waals surface area contributed by atoms with Crippen LogP contribution in [0.5, 0.6) is 0 Å². The Bertz CT molecular complexity index is 262. The van der Waals surface area contributed by atoms with E-state index in [9.17, 15) is 0 Å². The van der Waals surface area contributed by atoms with Crippen LogP contribution in [0.2, 0.25) is 0 Å². The SMILES string of the molecule is CCCCCCCCCCCN1C=CN(CCCC)C1C. The van der Waals surface area contributed by atoms with E-state index >= 15 is 0 Å². The van der Waals surface area contributed by atoms with Crippen molar-refractivity contribution in [2.45, 2.75) is 97.6 Å². The lowest BCUT2D eigenvalue weighted by atomic mass is 10.1. The second-order valence-electron chi connectivity index (χ2n) is 6.59. The fourth-order valence-corrected chi connectivity index (χ4v) is 3.08. The van der Waals surface area contributed by atoms with Crippen LogP contribution in [0.15, 0.2) is 12.4 Å². The molecule has 1 aliphatic rings. The smallest absolute Gasteiger partial charge is 0.0977 e. The molecule has 1 rings (SSSR count). The largest absolute Gasteiger partial charge is 0.356 e. The van der Waals surface area contributed by atoms with Gasteiger partial charge in [-0.15, -0.1) is 0 Å². The van der Waals surface area contributed by atoms with Gasteiger partial charge in [0.15, 0.2) is 0 Å². The van der Waals surface area contributed by atoms with Crippen LogP contribution in [0.3, 0.4) is 0 Å². The van der Waals surface area contributed by atoms with Gasteiger partial charge in [-0.3, -0.25) is 0 Å². The van der Waals surface area contributed by atoms with Crippen molar-refractivity contribution >= 4 is 0 Å². The fraction of sp³-hybridized carbons (Fsp3) is 0.895. The van der Waals surface area contributed by atoms with E-state index in [1.165, 1.54) is 83.7 Å². The minimum atomic E-state index is 0.575. The molecule has 0 aromatic carbocycles. The van der Waals surface area contributed by atoms with Crippen molar-refractivity contribution in [3.8, 4) is 0 Å². The van der Waals surface area contributed by atoms with E-state index in [0.717, 1.165) is 0 Å². The molecule has 0 spiro atoms. The summed E-state index contributed by atoms with van der Waals surface area (Å²) in [6, 6.07) is 0. The fourth-order valence-electron chi connectivity index (χ4n) is 3.08. The van der Waals surface area contributed by atoms with Crippen LogP contribution in [0.25, 0.3) is 0 Å². The second kappa shape index (κ2) is 11.9. The van der Waals surface area contributed by atoms with Gasteiger partial charge >= 0.3 is 0 Å². The third-order valence-corrected chi connectivity index (χ3v) is 4.70. The maximum atomic E-state index is 2.51.